The zero-order valence-corrected chi connectivity index (χ0v) is 11.7. The number of amides is 2. The highest BCUT2D eigenvalue weighted by atomic mass is 16.4. The molecule has 20 heavy (non-hydrogen) atoms. The molecule has 0 aliphatic heterocycles. The van der Waals surface area contributed by atoms with E-state index < -0.39 is 17.5 Å². The lowest BCUT2D eigenvalue weighted by atomic mass is 9.96. The Morgan fingerprint density at radius 1 is 1.55 bits per heavy atom. The minimum Gasteiger partial charge on any atom is -0.480 e. The first-order valence-electron chi connectivity index (χ1n) is 6.70. The van der Waals surface area contributed by atoms with Crippen LogP contribution in [0.4, 0.5) is 4.79 Å². The van der Waals surface area contributed by atoms with Crippen molar-refractivity contribution in [2.45, 2.75) is 38.8 Å². The van der Waals surface area contributed by atoms with Crippen molar-refractivity contribution in [3.63, 3.8) is 0 Å². The topological polar surface area (TPSA) is 96.3 Å². The molecule has 1 aromatic rings. The van der Waals surface area contributed by atoms with E-state index in [9.17, 15) is 14.7 Å². The van der Waals surface area contributed by atoms with Crippen LogP contribution in [-0.2, 0) is 11.3 Å². The number of carbonyl (C=O) groups is 2. The summed E-state index contributed by atoms with van der Waals surface area (Å²) in [6.45, 7) is 4.45. The van der Waals surface area contributed by atoms with Gasteiger partial charge in [-0.05, 0) is 38.2 Å². The number of aryl methyl sites for hydroxylation is 1. The van der Waals surface area contributed by atoms with Gasteiger partial charge in [0.25, 0.3) is 0 Å². The quantitative estimate of drug-likeness (QED) is 0.716. The summed E-state index contributed by atoms with van der Waals surface area (Å²) in [5.74, 6) is -0.961. The number of aliphatic carboxylic acids is 1. The van der Waals surface area contributed by atoms with Crippen molar-refractivity contribution in [2.75, 3.05) is 6.54 Å². The number of carboxylic acids is 1. The van der Waals surface area contributed by atoms with Crippen LogP contribution in [0.25, 0.3) is 0 Å². The van der Waals surface area contributed by atoms with Crippen molar-refractivity contribution in [3.05, 3.63) is 18.0 Å². The first-order chi connectivity index (χ1) is 9.41. The van der Waals surface area contributed by atoms with Crippen LogP contribution in [0.2, 0.25) is 0 Å². The molecule has 0 aromatic carbocycles. The van der Waals surface area contributed by atoms with Crippen LogP contribution in [0.15, 0.2) is 12.4 Å². The zero-order valence-electron chi connectivity index (χ0n) is 11.7. The number of hydrogen-bond donors (Lipinski definition) is 3. The molecule has 2 amide bonds. The molecule has 1 saturated carbocycles. The van der Waals surface area contributed by atoms with E-state index in [1.165, 1.54) is 0 Å². The highest BCUT2D eigenvalue weighted by molar-refractivity contribution is 5.86. The summed E-state index contributed by atoms with van der Waals surface area (Å²) in [5.41, 5.74) is -0.117. The van der Waals surface area contributed by atoms with Gasteiger partial charge in [-0.1, -0.05) is 0 Å². The second-order valence-electron chi connectivity index (χ2n) is 5.44. The molecule has 1 fully saturated rings. The van der Waals surface area contributed by atoms with Crippen LogP contribution in [0.3, 0.4) is 0 Å². The highest BCUT2D eigenvalue weighted by Gasteiger charge is 2.48. The van der Waals surface area contributed by atoms with E-state index in [4.69, 9.17) is 0 Å². The maximum atomic E-state index is 11.8. The van der Waals surface area contributed by atoms with E-state index in [-0.39, 0.29) is 5.92 Å². The fourth-order valence-electron chi connectivity index (χ4n) is 2.14. The molecule has 0 spiro atoms. The van der Waals surface area contributed by atoms with Crippen molar-refractivity contribution >= 4 is 12.0 Å². The van der Waals surface area contributed by atoms with E-state index in [1.54, 1.807) is 17.8 Å². The molecule has 1 aliphatic rings. The molecule has 1 atom stereocenters. The number of urea groups is 1. The van der Waals surface area contributed by atoms with Gasteiger partial charge in [0.15, 0.2) is 0 Å². The average molecular weight is 280 g/mol. The SMILES string of the molecule is Cc1cnn(CCNC(=O)NC(C)(C(=O)O)C2CC2)c1. The fourth-order valence-corrected chi connectivity index (χ4v) is 2.14. The van der Waals surface area contributed by atoms with Gasteiger partial charge in [-0.15, -0.1) is 0 Å². The number of carboxylic acid groups (broad SMARTS) is 1. The van der Waals surface area contributed by atoms with Gasteiger partial charge < -0.3 is 15.7 Å². The maximum Gasteiger partial charge on any atom is 0.329 e. The van der Waals surface area contributed by atoms with Gasteiger partial charge >= 0.3 is 12.0 Å². The molecule has 7 nitrogen and oxygen atoms in total. The maximum absolute atomic E-state index is 11.8. The van der Waals surface area contributed by atoms with Crippen molar-refractivity contribution in [1.82, 2.24) is 20.4 Å². The van der Waals surface area contributed by atoms with Crippen LogP contribution < -0.4 is 10.6 Å². The monoisotopic (exact) mass is 280 g/mol. The lowest BCUT2D eigenvalue weighted by molar-refractivity contribution is -0.144. The summed E-state index contributed by atoms with van der Waals surface area (Å²) in [6.07, 6.45) is 5.31. The lowest BCUT2D eigenvalue weighted by Gasteiger charge is -2.26. The number of rotatable bonds is 6. The van der Waals surface area contributed by atoms with Crippen molar-refractivity contribution in [1.29, 1.82) is 0 Å². The third kappa shape index (κ3) is 3.28. The lowest BCUT2D eigenvalue weighted by Crippen LogP contribution is -2.57. The van der Waals surface area contributed by atoms with Crippen LogP contribution in [-0.4, -0.2) is 39.0 Å². The zero-order chi connectivity index (χ0) is 14.8. The summed E-state index contributed by atoms with van der Waals surface area (Å²) >= 11 is 0. The molecule has 1 unspecified atom stereocenters. The van der Waals surface area contributed by atoms with Gasteiger partial charge in [-0.3, -0.25) is 4.68 Å². The molecule has 7 heteroatoms. The third-order valence-electron chi connectivity index (χ3n) is 3.60. The van der Waals surface area contributed by atoms with Crippen LogP contribution in [0.1, 0.15) is 25.3 Å². The molecule has 3 N–H and O–H groups in total. The summed E-state index contributed by atoms with van der Waals surface area (Å²) in [5, 5.41) is 18.6. The number of aromatic nitrogens is 2. The van der Waals surface area contributed by atoms with Gasteiger partial charge in [0, 0.05) is 12.7 Å². The molecular weight excluding hydrogens is 260 g/mol. The Morgan fingerprint density at radius 2 is 2.25 bits per heavy atom. The fraction of sp³-hybridized carbons (Fsp3) is 0.615. The number of nitrogens with zero attached hydrogens (tertiary/aromatic N) is 2. The van der Waals surface area contributed by atoms with Gasteiger partial charge in [0.1, 0.15) is 5.54 Å². The molecule has 0 saturated heterocycles. The molecular formula is C13H20N4O3. The largest absolute Gasteiger partial charge is 0.480 e. The minimum absolute atomic E-state index is 0.0273. The van der Waals surface area contributed by atoms with Crippen molar-refractivity contribution < 1.29 is 14.7 Å². The van der Waals surface area contributed by atoms with Crippen molar-refractivity contribution in [3.8, 4) is 0 Å². The second kappa shape index (κ2) is 5.52. The Balaban J connectivity index is 1.78. The van der Waals surface area contributed by atoms with Crippen LogP contribution in [0.5, 0.6) is 0 Å². The molecule has 1 aliphatic carbocycles. The summed E-state index contributed by atoms with van der Waals surface area (Å²) in [6, 6.07) is -0.453. The number of carbonyl (C=O) groups excluding carboxylic acids is 1. The smallest absolute Gasteiger partial charge is 0.329 e. The Bertz CT molecular complexity index is 509. The van der Waals surface area contributed by atoms with Crippen LogP contribution in [0, 0.1) is 12.8 Å². The Labute approximate surface area is 117 Å². The first-order valence-corrected chi connectivity index (χ1v) is 6.70. The number of hydrogen-bond acceptors (Lipinski definition) is 3. The molecule has 1 aromatic heterocycles. The molecule has 0 bridgehead atoms. The van der Waals surface area contributed by atoms with Gasteiger partial charge in [-0.25, -0.2) is 9.59 Å². The Morgan fingerprint density at radius 3 is 2.75 bits per heavy atom. The van der Waals surface area contributed by atoms with E-state index in [0.717, 1.165) is 18.4 Å². The Hall–Kier alpha value is -2.05. The number of nitrogens with one attached hydrogen (secondary N) is 2. The highest BCUT2D eigenvalue weighted by Crippen LogP contribution is 2.39. The molecule has 0 radical (unpaired) electrons. The summed E-state index contributed by atoms with van der Waals surface area (Å²) < 4.78 is 1.73. The second-order valence-corrected chi connectivity index (χ2v) is 5.44. The average Bonchev–Trinajstić information content (AvgIpc) is 3.14. The molecule has 1 heterocycles. The van der Waals surface area contributed by atoms with Gasteiger partial charge in [0.2, 0.25) is 0 Å². The van der Waals surface area contributed by atoms with Gasteiger partial charge in [0.05, 0.1) is 12.7 Å². The van der Waals surface area contributed by atoms with Crippen molar-refractivity contribution in [2.24, 2.45) is 5.92 Å². The van der Waals surface area contributed by atoms with Gasteiger partial charge in [-0.2, -0.15) is 5.10 Å². The van der Waals surface area contributed by atoms with E-state index in [1.807, 2.05) is 13.1 Å². The van der Waals surface area contributed by atoms with E-state index in [0.29, 0.717) is 13.1 Å². The van der Waals surface area contributed by atoms with E-state index in [2.05, 4.69) is 15.7 Å². The third-order valence-corrected chi connectivity index (χ3v) is 3.60. The first kappa shape index (κ1) is 14.4. The van der Waals surface area contributed by atoms with Crippen LogP contribution >= 0.6 is 0 Å². The molecule has 110 valence electrons. The summed E-state index contributed by atoms with van der Waals surface area (Å²) in [4.78, 5) is 23.1. The molecule has 2 rings (SSSR count). The van der Waals surface area contributed by atoms with E-state index >= 15 is 0 Å². The Kier molecular flexibility index (Phi) is 3.96. The summed E-state index contributed by atoms with van der Waals surface area (Å²) in [7, 11) is 0. The standard InChI is InChI=1S/C13H20N4O3/c1-9-7-15-17(8-9)6-5-14-12(20)16-13(2,11(18)19)10-3-4-10/h7-8,10H,3-6H2,1-2H3,(H,18,19)(H2,14,16,20). The predicted molar refractivity (Wildman–Crippen MR) is 72.3 cm³/mol. The normalized spacial score (nSPS) is 17.3. The predicted octanol–water partition coefficient (Wildman–Crippen LogP) is 0.744. The minimum atomic E-state index is -1.17.